The third kappa shape index (κ3) is 5.29. The Labute approximate surface area is 194 Å². The molecule has 2 aromatic carbocycles. The van der Waals surface area contributed by atoms with Gasteiger partial charge in [-0.05, 0) is 61.6 Å². The number of hydrogen-bond donors (Lipinski definition) is 1. The van der Waals surface area contributed by atoms with Crippen molar-refractivity contribution < 1.29 is 17.9 Å². The molecular weight excluding hydrogens is 449 g/mol. The zero-order valence-electron chi connectivity index (χ0n) is 17.9. The van der Waals surface area contributed by atoms with Gasteiger partial charge in [-0.1, -0.05) is 35.6 Å². The lowest BCUT2D eigenvalue weighted by Gasteiger charge is -2.25. The number of nitrogens with two attached hydrogens (primary N) is 1. The summed E-state index contributed by atoms with van der Waals surface area (Å²) in [5, 5.41) is 9.32. The number of nitriles is 1. The highest BCUT2D eigenvalue weighted by Gasteiger charge is 2.40. The van der Waals surface area contributed by atoms with Gasteiger partial charge in [0.15, 0.2) is 5.13 Å². The third-order valence-electron chi connectivity index (χ3n) is 5.49. The summed E-state index contributed by atoms with van der Waals surface area (Å²) in [5.41, 5.74) is 7.28. The summed E-state index contributed by atoms with van der Waals surface area (Å²) >= 11 is 0.890. The van der Waals surface area contributed by atoms with E-state index in [2.05, 4.69) is 4.98 Å². The summed E-state index contributed by atoms with van der Waals surface area (Å²) < 4.78 is 47.3. The number of thiazole rings is 1. The average Bonchev–Trinajstić information content (AvgIpc) is 3.25. The van der Waals surface area contributed by atoms with E-state index < -0.39 is 11.9 Å². The average molecular weight is 473 g/mol. The molecule has 5 nitrogen and oxygen atoms in total. The highest BCUT2D eigenvalue weighted by Crippen LogP contribution is 2.46. The largest absolute Gasteiger partial charge is 0.444 e. The molecule has 33 heavy (non-hydrogen) atoms. The fraction of sp³-hybridized carbons (Fsp3) is 0.333. The van der Waals surface area contributed by atoms with E-state index in [1.54, 1.807) is 12.1 Å². The second-order valence-electron chi connectivity index (χ2n) is 7.84. The van der Waals surface area contributed by atoms with Crippen LogP contribution in [0.5, 0.6) is 10.8 Å². The van der Waals surface area contributed by atoms with Gasteiger partial charge in [0.25, 0.3) is 0 Å². The molecule has 1 saturated heterocycles. The van der Waals surface area contributed by atoms with Crippen LogP contribution in [-0.2, 0) is 12.6 Å². The number of halogens is 3. The molecule has 172 valence electrons. The van der Waals surface area contributed by atoms with Crippen molar-refractivity contribution in [1.82, 2.24) is 4.98 Å². The molecule has 0 spiro atoms. The number of hydrogen-bond acceptors (Lipinski definition) is 6. The summed E-state index contributed by atoms with van der Waals surface area (Å²) in [7, 11) is 0. The molecule has 9 heteroatoms. The van der Waals surface area contributed by atoms with Crippen molar-refractivity contribution in [3.63, 3.8) is 0 Å². The van der Waals surface area contributed by atoms with Crippen LogP contribution in [0.2, 0.25) is 0 Å². The van der Waals surface area contributed by atoms with Crippen molar-refractivity contribution >= 4 is 16.5 Å². The van der Waals surface area contributed by atoms with Crippen LogP contribution in [-0.4, -0.2) is 24.6 Å². The first-order valence-corrected chi connectivity index (χ1v) is 11.5. The normalized spacial score (nSPS) is 14.2. The summed E-state index contributed by atoms with van der Waals surface area (Å²) in [6, 6.07) is 14.4. The van der Waals surface area contributed by atoms with Crippen LogP contribution in [0, 0.1) is 11.3 Å². The van der Waals surface area contributed by atoms with E-state index in [0.29, 0.717) is 35.9 Å². The van der Waals surface area contributed by atoms with Crippen molar-refractivity contribution in [3.8, 4) is 28.0 Å². The number of benzene rings is 2. The Morgan fingerprint density at radius 1 is 1.09 bits per heavy atom. The molecule has 1 aliphatic rings. The van der Waals surface area contributed by atoms with Gasteiger partial charge in [-0.3, -0.25) is 0 Å². The van der Waals surface area contributed by atoms with Gasteiger partial charge in [0, 0.05) is 18.7 Å². The first-order valence-electron chi connectivity index (χ1n) is 10.7. The number of rotatable bonds is 6. The second kappa shape index (κ2) is 9.81. The highest BCUT2D eigenvalue weighted by molar-refractivity contribution is 7.17. The van der Waals surface area contributed by atoms with Crippen molar-refractivity contribution in [2.75, 3.05) is 24.5 Å². The minimum atomic E-state index is -4.66. The van der Waals surface area contributed by atoms with Crippen molar-refractivity contribution in [2.45, 2.75) is 31.9 Å². The summed E-state index contributed by atoms with van der Waals surface area (Å²) in [6.45, 7) is 1.87. The molecular formula is C24H23F3N4OS. The Balaban J connectivity index is 1.73. The van der Waals surface area contributed by atoms with E-state index in [1.807, 2.05) is 35.2 Å². The number of aromatic nitrogens is 1. The van der Waals surface area contributed by atoms with Gasteiger partial charge < -0.3 is 15.4 Å². The molecule has 1 aliphatic heterocycles. The summed E-state index contributed by atoms with van der Waals surface area (Å²) in [5.74, 6) is 0.181. The third-order valence-corrected chi connectivity index (χ3v) is 6.49. The topological polar surface area (TPSA) is 75.2 Å². The van der Waals surface area contributed by atoms with Gasteiger partial charge >= 0.3 is 6.18 Å². The van der Waals surface area contributed by atoms with Crippen LogP contribution in [0.3, 0.4) is 0 Å². The van der Waals surface area contributed by atoms with Crippen molar-refractivity contribution in [3.05, 3.63) is 59.3 Å². The molecule has 4 rings (SSSR count). The molecule has 1 fully saturated rings. The molecule has 2 heterocycles. The lowest BCUT2D eigenvalue weighted by molar-refractivity contribution is -0.141. The predicted octanol–water partition coefficient (Wildman–Crippen LogP) is 5.98. The van der Waals surface area contributed by atoms with E-state index in [4.69, 9.17) is 10.5 Å². The van der Waals surface area contributed by atoms with Crippen LogP contribution in [0.4, 0.5) is 18.3 Å². The minimum Gasteiger partial charge on any atom is -0.444 e. The standard InChI is InChI=1S/C24H23F3N4OS/c25-24(26,27)21-22(33-23(30-21)31-12-2-1-3-13-31)32-20-14-17(15-29)6-9-19(20)18-7-4-16(5-8-18)10-11-28/h4-9,14H,1-3,10-13,28H2. The van der Waals surface area contributed by atoms with Crippen LogP contribution in [0.25, 0.3) is 11.1 Å². The first kappa shape index (κ1) is 23.1. The maximum atomic E-state index is 13.8. The Hall–Kier alpha value is -3.09. The number of ether oxygens (including phenoxy) is 1. The number of alkyl halides is 3. The molecule has 0 saturated carbocycles. The van der Waals surface area contributed by atoms with Gasteiger partial charge in [0.2, 0.25) is 10.8 Å². The molecule has 0 bridgehead atoms. The molecule has 0 aliphatic carbocycles. The summed E-state index contributed by atoms with van der Waals surface area (Å²) in [6.07, 6.45) is -1.02. The van der Waals surface area contributed by atoms with Crippen molar-refractivity contribution in [2.24, 2.45) is 5.73 Å². The maximum Gasteiger partial charge on any atom is 0.438 e. The minimum absolute atomic E-state index is 0.181. The smallest absolute Gasteiger partial charge is 0.438 e. The Morgan fingerprint density at radius 2 is 1.82 bits per heavy atom. The number of anilines is 1. The number of nitrogens with zero attached hydrogens (tertiary/aromatic N) is 3. The quantitative estimate of drug-likeness (QED) is 0.477. The fourth-order valence-electron chi connectivity index (χ4n) is 3.80. The zero-order valence-corrected chi connectivity index (χ0v) is 18.7. The van der Waals surface area contributed by atoms with Gasteiger partial charge in [-0.15, -0.1) is 0 Å². The lowest BCUT2D eigenvalue weighted by Crippen LogP contribution is -2.29. The highest BCUT2D eigenvalue weighted by atomic mass is 32.1. The van der Waals surface area contributed by atoms with Gasteiger partial charge in [-0.25, -0.2) is 4.98 Å². The Morgan fingerprint density at radius 3 is 2.45 bits per heavy atom. The van der Waals surface area contributed by atoms with E-state index >= 15 is 0 Å². The predicted molar refractivity (Wildman–Crippen MR) is 123 cm³/mol. The van der Waals surface area contributed by atoms with Crippen molar-refractivity contribution in [1.29, 1.82) is 5.26 Å². The SMILES string of the molecule is N#Cc1ccc(-c2ccc(CCN)cc2)c(Oc2sc(N3CCCCC3)nc2C(F)(F)F)c1. The molecule has 0 unspecified atom stereocenters. The molecule has 0 amide bonds. The van der Waals surface area contributed by atoms with Crippen LogP contribution >= 0.6 is 11.3 Å². The van der Waals surface area contributed by atoms with Crippen LogP contribution in [0.15, 0.2) is 42.5 Å². The van der Waals surface area contributed by atoms with Crippen LogP contribution in [0.1, 0.15) is 36.1 Å². The summed E-state index contributed by atoms with van der Waals surface area (Å²) in [4.78, 5) is 5.77. The first-order chi connectivity index (χ1) is 15.9. The van der Waals surface area contributed by atoms with Gasteiger partial charge in [0.05, 0.1) is 11.6 Å². The molecule has 0 radical (unpaired) electrons. The zero-order chi connectivity index (χ0) is 23.4. The lowest BCUT2D eigenvalue weighted by atomic mass is 10.0. The number of piperidine rings is 1. The molecule has 1 aromatic heterocycles. The monoisotopic (exact) mass is 472 g/mol. The Bertz CT molecular complexity index is 1150. The second-order valence-corrected chi connectivity index (χ2v) is 8.78. The van der Waals surface area contributed by atoms with Crippen LogP contribution < -0.4 is 15.4 Å². The maximum absolute atomic E-state index is 13.8. The van der Waals surface area contributed by atoms with E-state index in [-0.39, 0.29) is 10.8 Å². The molecule has 0 atom stereocenters. The van der Waals surface area contributed by atoms with Gasteiger partial charge in [0.1, 0.15) is 5.75 Å². The van der Waals surface area contributed by atoms with E-state index in [9.17, 15) is 18.4 Å². The van der Waals surface area contributed by atoms with E-state index in [0.717, 1.165) is 48.1 Å². The van der Waals surface area contributed by atoms with Gasteiger partial charge in [-0.2, -0.15) is 18.4 Å². The Kier molecular flexibility index (Phi) is 6.86. The molecule has 2 N–H and O–H groups in total. The fourth-order valence-corrected chi connectivity index (χ4v) is 4.80. The van der Waals surface area contributed by atoms with E-state index in [1.165, 1.54) is 6.07 Å². The molecule has 3 aromatic rings.